The predicted octanol–water partition coefficient (Wildman–Crippen LogP) is 1.60. The van der Waals surface area contributed by atoms with E-state index in [-0.39, 0.29) is 12.1 Å². The number of carboxylic acids is 1. The van der Waals surface area contributed by atoms with Gasteiger partial charge in [-0.3, -0.25) is 10.1 Å². The van der Waals surface area contributed by atoms with Crippen LogP contribution in [0.3, 0.4) is 0 Å². The number of aromatic nitrogens is 1. The van der Waals surface area contributed by atoms with Crippen molar-refractivity contribution in [3.63, 3.8) is 0 Å². The van der Waals surface area contributed by atoms with Crippen LogP contribution in [0, 0.1) is 12.8 Å². The van der Waals surface area contributed by atoms with Crippen molar-refractivity contribution in [2.45, 2.75) is 19.4 Å². The molecule has 0 radical (unpaired) electrons. The smallest absolute Gasteiger partial charge is 0.321 e. The van der Waals surface area contributed by atoms with Gasteiger partial charge in [-0.15, -0.1) is 11.3 Å². The normalized spacial score (nSPS) is 21.8. The van der Waals surface area contributed by atoms with E-state index in [1.807, 2.05) is 6.92 Å². The van der Waals surface area contributed by atoms with Gasteiger partial charge in [0.15, 0.2) is 5.13 Å². The van der Waals surface area contributed by atoms with Gasteiger partial charge in [0, 0.05) is 11.1 Å². The summed E-state index contributed by atoms with van der Waals surface area (Å²) in [5, 5.41) is 14.6. The molecule has 2 amide bonds. The quantitative estimate of drug-likeness (QED) is 0.725. The summed E-state index contributed by atoms with van der Waals surface area (Å²) in [5.41, 5.74) is 0. The number of aryl methyl sites for hydroxylation is 1. The number of aliphatic carboxylic acids is 1. The molecule has 6 nitrogen and oxygen atoms in total. The van der Waals surface area contributed by atoms with E-state index in [9.17, 15) is 9.59 Å². The molecule has 0 saturated heterocycles. The maximum Gasteiger partial charge on any atom is 0.321 e. The first-order valence-electron chi connectivity index (χ1n) is 5.45. The number of thiazole rings is 1. The van der Waals surface area contributed by atoms with E-state index >= 15 is 0 Å². The zero-order valence-electron chi connectivity index (χ0n) is 9.71. The third-order valence-electron chi connectivity index (χ3n) is 2.56. The van der Waals surface area contributed by atoms with E-state index in [1.165, 1.54) is 11.3 Å². The van der Waals surface area contributed by atoms with Crippen LogP contribution in [0.25, 0.3) is 0 Å². The Morgan fingerprint density at radius 2 is 2.28 bits per heavy atom. The van der Waals surface area contributed by atoms with E-state index in [0.717, 1.165) is 4.88 Å². The fourth-order valence-corrected chi connectivity index (χ4v) is 2.36. The summed E-state index contributed by atoms with van der Waals surface area (Å²) in [4.78, 5) is 27.4. The van der Waals surface area contributed by atoms with Crippen molar-refractivity contribution in [2.75, 3.05) is 5.32 Å². The Kier molecular flexibility index (Phi) is 3.61. The van der Waals surface area contributed by atoms with Gasteiger partial charge in [0.2, 0.25) is 0 Å². The number of hydrogen-bond donors (Lipinski definition) is 3. The Hall–Kier alpha value is -1.89. The summed E-state index contributed by atoms with van der Waals surface area (Å²) in [7, 11) is 0. The highest BCUT2D eigenvalue weighted by Crippen LogP contribution is 2.19. The Labute approximate surface area is 108 Å². The predicted molar refractivity (Wildman–Crippen MR) is 67.7 cm³/mol. The van der Waals surface area contributed by atoms with Crippen molar-refractivity contribution in [3.8, 4) is 0 Å². The molecule has 96 valence electrons. The number of carboxylic acid groups (broad SMARTS) is 1. The highest BCUT2D eigenvalue weighted by atomic mass is 32.1. The van der Waals surface area contributed by atoms with Crippen LogP contribution in [-0.4, -0.2) is 28.1 Å². The summed E-state index contributed by atoms with van der Waals surface area (Å²) >= 11 is 1.38. The molecule has 3 N–H and O–H groups in total. The lowest BCUT2D eigenvalue weighted by molar-refractivity contribution is -0.140. The molecule has 2 unspecified atom stereocenters. The van der Waals surface area contributed by atoms with Gasteiger partial charge < -0.3 is 10.4 Å². The van der Waals surface area contributed by atoms with Crippen molar-refractivity contribution in [1.29, 1.82) is 0 Å². The molecule has 0 fully saturated rings. The molecular weight excluding hydrogens is 254 g/mol. The Balaban J connectivity index is 1.82. The number of carbonyl (C=O) groups excluding carboxylic acids is 1. The molecule has 18 heavy (non-hydrogen) atoms. The minimum absolute atomic E-state index is 0.243. The second-order valence-corrected chi connectivity index (χ2v) is 5.28. The third-order valence-corrected chi connectivity index (χ3v) is 3.39. The number of rotatable bonds is 3. The summed E-state index contributed by atoms with van der Waals surface area (Å²) in [6.07, 6.45) is 5.36. The van der Waals surface area contributed by atoms with Crippen molar-refractivity contribution in [1.82, 2.24) is 10.3 Å². The van der Waals surface area contributed by atoms with Gasteiger partial charge in [0.1, 0.15) is 0 Å². The summed E-state index contributed by atoms with van der Waals surface area (Å²) in [6.45, 7) is 1.90. The number of amides is 2. The van der Waals surface area contributed by atoms with Gasteiger partial charge in [-0.05, 0) is 13.3 Å². The van der Waals surface area contributed by atoms with Crippen molar-refractivity contribution in [2.24, 2.45) is 5.92 Å². The van der Waals surface area contributed by atoms with Crippen molar-refractivity contribution in [3.05, 3.63) is 23.2 Å². The summed E-state index contributed by atoms with van der Waals surface area (Å²) < 4.78 is 0. The summed E-state index contributed by atoms with van der Waals surface area (Å²) in [6, 6.07) is -0.614. The number of anilines is 1. The fraction of sp³-hybridized carbons (Fsp3) is 0.364. The van der Waals surface area contributed by atoms with E-state index in [1.54, 1.807) is 18.3 Å². The first kappa shape index (κ1) is 12.6. The molecule has 7 heteroatoms. The van der Waals surface area contributed by atoms with Gasteiger partial charge in [0.25, 0.3) is 0 Å². The molecule has 1 aliphatic carbocycles. The highest BCUT2D eigenvalue weighted by molar-refractivity contribution is 7.15. The molecule has 1 aliphatic rings. The molecular formula is C11H13N3O3S. The monoisotopic (exact) mass is 267 g/mol. The average molecular weight is 267 g/mol. The summed E-state index contributed by atoms with van der Waals surface area (Å²) in [5.74, 6) is -1.39. The van der Waals surface area contributed by atoms with Crippen LogP contribution in [0.2, 0.25) is 0 Å². The van der Waals surface area contributed by atoms with Gasteiger partial charge >= 0.3 is 12.0 Å². The molecule has 0 saturated carbocycles. The number of carbonyl (C=O) groups is 2. The zero-order valence-corrected chi connectivity index (χ0v) is 10.5. The largest absolute Gasteiger partial charge is 0.481 e. The Bertz CT molecular complexity index is 497. The zero-order chi connectivity index (χ0) is 13.1. The van der Waals surface area contributed by atoms with Gasteiger partial charge in [-0.1, -0.05) is 12.2 Å². The second kappa shape index (κ2) is 5.18. The Morgan fingerprint density at radius 3 is 2.83 bits per heavy atom. The van der Waals surface area contributed by atoms with Crippen molar-refractivity contribution >= 4 is 28.5 Å². The van der Waals surface area contributed by atoms with E-state index < -0.39 is 11.9 Å². The Morgan fingerprint density at radius 1 is 1.50 bits per heavy atom. The first-order valence-corrected chi connectivity index (χ1v) is 6.27. The lowest BCUT2D eigenvalue weighted by atomic mass is 10.1. The van der Waals surface area contributed by atoms with Crippen molar-refractivity contribution < 1.29 is 14.7 Å². The molecule has 0 spiro atoms. The standard InChI is InChI=1S/C11H13N3O3S/c1-6-5-12-11(18-6)14-10(17)13-8-3-2-7(4-8)9(15)16/h2-3,5,7-8H,4H2,1H3,(H,15,16)(H2,12,13,14,17). The number of nitrogens with one attached hydrogen (secondary N) is 2. The second-order valence-electron chi connectivity index (χ2n) is 4.05. The molecule has 2 atom stereocenters. The van der Waals surface area contributed by atoms with Crippen LogP contribution in [0.5, 0.6) is 0 Å². The van der Waals surface area contributed by atoms with Crippen LogP contribution in [0.1, 0.15) is 11.3 Å². The van der Waals surface area contributed by atoms with Crippen LogP contribution in [-0.2, 0) is 4.79 Å². The van der Waals surface area contributed by atoms with Gasteiger partial charge in [-0.25, -0.2) is 9.78 Å². The molecule has 0 aliphatic heterocycles. The number of hydrogen-bond acceptors (Lipinski definition) is 4. The molecule has 1 aromatic rings. The lowest BCUT2D eigenvalue weighted by Gasteiger charge is -2.11. The molecule has 0 bridgehead atoms. The SMILES string of the molecule is Cc1cnc(NC(=O)NC2C=CC(C(=O)O)C2)s1. The van der Waals surface area contributed by atoms with Gasteiger partial charge in [-0.2, -0.15) is 0 Å². The maximum atomic E-state index is 11.6. The minimum Gasteiger partial charge on any atom is -0.481 e. The van der Waals surface area contributed by atoms with Crippen LogP contribution < -0.4 is 10.6 Å². The lowest BCUT2D eigenvalue weighted by Crippen LogP contribution is -2.36. The van der Waals surface area contributed by atoms with Gasteiger partial charge in [0.05, 0.1) is 12.0 Å². The average Bonchev–Trinajstić information content (AvgIpc) is 2.88. The van der Waals surface area contributed by atoms with E-state index in [0.29, 0.717) is 11.6 Å². The van der Waals surface area contributed by atoms with E-state index in [2.05, 4.69) is 15.6 Å². The van der Waals surface area contributed by atoms with Crippen LogP contribution in [0.15, 0.2) is 18.3 Å². The molecule has 0 aromatic carbocycles. The maximum absolute atomic E-state index is 11.6. The fourth-order valence-electron chi connectivity index (χ4n) is 1.70. The minimum atomic E-state index is -0.869. The third kappa shape index (κ3) is 3.07. The van der Waals surface area contributed by atoms with E-state index in [4.69, 9.17) is 5.11 Å². The topological polar surface area (TPSA) is 91.3 Å². The molecule has 2 rings (SSSR count). The molecule has 1 heterocycles. The van der Waals surface area contributed by atoms with Crippen LogP contribution in [0.4, 0.5) is 9.93 Å². The molecule has 1 aromatic heterocycles. The number of urea groups is 1. The van der Waals surface area contributed by atoms with Crippen LogP contribution >= 0.6 is 11.3 Å². The number of nitrogens with zero attached hydrogens (tertiary/aromatic N) is 1. The highest BCUT2D eigenvalue weighted by Gasteiger charge is 2.25. The first-order chi connectivity index (χ1) is 8.54.